The number of thiophene rings is 1. The van der Waals surface area contributed by atoms with Crippen molar-refractivity contribution in [2.75, 3.05) is 0 Å². The first-order valence-electron chi connectivity index (χ1n) is 4.15. The minimum atomic E-state index is -0.347. The third-order valence-corrected chi connectivity index (χ3v) is 2.40. The molecule has 1 aromatic heterocycles. The van der Waals surface area contributed by atoms with Crippen LogP contribution in [0.1, 0.15) is 25.8 Å². The summed E-state index contributed by atoms with van der Waals surface area (Å²) >= 11 is 1.69. The van der Waals surface area contributed by atoms with Crippen LogP contribution in [0.4, 0.5) is 0 Å². The number of hydrogen-bond donors (Lipinski definition) is 1. The van der Waals surface area contributed by atoms with E-state index < -0.39 is 0 Å². The van der Waals surface area contributed by atoms with E-state index in [9.17, 15) is 5.11 Å². The highest BCUT2D eigenvalue weighted by Gasteiger charge is 2.00. The molecule has 0 spiro atoms. The Kier molecular flexibility index (Phi) is 3.50. The van der Waals surface area contributed by atoms with Gasteiger partial charge in [-0.05, 0) is 41.3 Å². The van der Waals surface area contributed by atoms with Crippen molar-refractivity contribution in [3.05, 3.63) is 28.5 Å². The number of allylic oxidation sites excluding steroid dienone is 1. The summed E-state index contributed by atoms with van der Waals surface area (Å²) < 4.78 is 0. The fourth-order valence-electron chi connectivity index (χ4n) is 1.16. The van der Waals surface area contributed by atoms with Crippen LogP contribution in [0.15, 0.2) is 22.9 Å². The second-order valence-electron chi connectivity index (χ2n) is 2.80. The van der Waals surface area contributed by atoms with Crippen LogP contribution in [0, 0.1) is 0 Å². The van der Waals surface area contributed by atoms with Gasteiger partial charge in [0.05, 0.1) is 6.10 Å². The highest BCUT2D eigenvalue weighted by atomic mass is 32.1. The van der Waals surface area contributed by atoms with Gasteiger partial charge in [-0.1, -0.05) is 13.0 Å². The van der Waals surface area contributed by atoms with E-state index in [0.717, 1.165) is 6.42 Å². The lowest BCUT2D eigenvalue weighted by Crippen LogP contribution is -1.94. The molecule has 0 aliphatic carbocycles. The Balaban J connectivity index is 2.83. The summed E-state index contributed by atoms with van der Waals surface area (Å²) in [7, 11) is 0. The van der Waals surface area contributed by atoms with Gasteiger partial charge in [0.1, 0.15) is 0 Å². The Morgan fingerprint density at radius 3 is 2.92 bits per heavy atom. The first-order chi connectivity index (χ1) is 5.74. The number of aliphatic hydroxyl groups is 1. The zero-order valence-corrected chi connectivity index (χ0v) is 8.27. The van der Waals surface area contributed by atoms with Crippen LogP contribution in [0.3, 0.4) is 0 Å². The molecule has 0 aromatic carbocycles. The van der Waals surface area contributed by atoms with Crippen LogP contribution < -0.4 is 0 Å². The molecule has 66 valence electrons. The van der Waals surface area contributed by atoms with Gasteiger partial charge in [-0.25, -0.2) is 0 Å². The smallest absolute Gasteiger partial charge is 0.0698 e. The van der Waals surface area contributed by atoms with Gasteiger partial charge < -0.3 is 5.11 Å². The Hall–Kier alpha value is -0.600. The number of aliphatic hydroxyl groups excluding tert-OH is 1. The number of hydrogen-bond acceptors (Lipinski definition) is 2. The maximum absolute atomic E-state index is 9.18. The van der Waals surface area contributed by atoms with Gasteiger partial charge in [0.15, 0.2) is 0 Å². The van der Waals surface area contributed by atoms with Crippen molar-refractivity contribution < 1.29 is 5.11 Å². The predicted molar refractivity (Wildman–Crippen MR) is 54.3 cm³/mol. The molecular formula is C10H14OS. The molecule has 1 nitrogen and oxygen atoms in total. The summed E-state index contributed by atoms with van der Waals surface area (Å²) in [6.45, 7) is 3.88. The van der Waals surface area contributed by atoms with Crippen molar-refractivity contribution in [3.63, 3.8) is 0 Å². The van der Waals surface area contributed by atoms with E-state index in [-0.39, 0.29) is 6.10 Å². The fourth-order valence-corrected chi connectivity index (χ4v) is 1.84. The monoisotopic (exact) mass is 182 g/mol. The Labute approximate surface area is 77.4 Å². The normalized spacial score (nSPS) is 14.8. The molecular weight excluding hydrogens is 168 g/mol. The average molecular weight is 182 g/mol. The predicted octanol–water partition coefficient (Wildman–Crippen LogP) is 2.92. The van der Waals surface area contributed by atoms with Gasteiger partial charge in [-0.3, -0.25) is 0 Å². The van der Waals surface area contributed by atoms with Crippen molar-refractivity contribution in [2.24, 2.45) is 0 Å². The minimum Gasteiger partial charge on any atom is -0.389 e. The molecule has 0 saturated carbocycles. The van der Waals surface area contributed by atoms with Crippen LogP contribution in [-0.2, 0) is 0 Å². The lowest BCUT2D eigenvalue weighted by Gasteiger charge is -2.03. The van der Waals surface area contributed by atoms with Crippen LogP contribution in [0.25, 0.3) is 5.57 Å². The van der Waals surface area contributed by atoms with Crippen molar-refractivity contribution >= 4 is 16.9 Å². The molecule has 0 aliphatic heterocycles. The van der Waals surface area contributed by atoms with E-state index in [2.05, 4.69) is 23.8 Å². The highest BCUT2D eigenvalue weighted by Crippen LogP contribution is 2.20. The first kappa shape index (κ1) is 9.49. The van der Waals surface area contributed by atoms with Crippen LogP contribution in [0.5, 0.6) is 0 Å². The van der Waals surface area contributed by atoms with E-state index in [1.807, 2.05) is 6.08 Å². The van der Waals surface area contributed by atoms with Gasteiger partial charge >= 0.3 is 0 Å². The highest BCUT2D eigenvalue weighted by molar-refractivity contribution is 7.08. The molecule has 0 saturated heterocycles. The van der Waals surface area contributed by atoms with Gasteiger partial charge in [0.25, 0.3) is 0 Å². The SMILES string of the molecule is CC/C(=C/C(C)O)c1ccsc1. The van der Waals surface area contributed by atoms with E-state index in [1.54, 1.807) is 18.3 Å². The molecule has 1 unspecified atom stereocenters. The maximum atomic E-state index is 9.18. The largest absolute Gasteiger partial charge is 0.389 e. The minimum absolute atomic E-state index is 0.347. The molecule has 12 heavy (non-hydrogen) atoms. The third-order valence-electron chi connectivity index (χ3n) is 1.72. The molecule has 1 rings (SSSR count). The lowest BCUT2D eigenvalue weighted by atomic mass is 10.1. The van der Waals surface area contributed by atoms with Gasteiger partial charge in [-0.2, -0.15) is 11.3 Å². The second-order valence-corrected chi connectivity index (χ2v) is 3.58. The molecule has 1 atom stereocenters. The molecule has 0 amide bonds. The lowest BCUT2D eigenvalue weighted by molar-refractivity contribution is 0.244. The summed E-state index contributed by atoms with van der Waals surface area (Å²) in [4.78, 5) is 0. The second kappa shape index (κ2) is 4.43. The van der Waals surface area contributed by atoms with Crippen molar-refractivity contribution in [2.45, 2.75) is 26.4 Å². The number of rotatable bonds is 3. The third kappa shape index (κ3) is 2.47. The molecule has 2 heteroatoms. The summed E-state index contributed by atoms with van der Waals surface area (Å²) in [6.07, 6.45) is 2.53. The Morgan fingerprint density at radius 2 is 2.50 bits per heavy atom. The molecule has 1 N–H and O–H groups in total. The zero-order valence-electron chi connectivity index (χ0n) is 7.45. The Bertz CT molecular complexity index is 247. The summed E-state index contributed by atoms with van der Waals surface area (Å²) in [5.41, 5.74) is 2.47. The molecule has 0 aliphatic rings. The summed E-state index contributed by atoms with van der Waals surface area (Å²) in [5, 5.41) is 13.3. The molecule has 0 fully saturated rings. The van der Waals surface area contributed by atoms with Gasteiger partial charge in [0, 0.05) is 0 Å². The van der Waals surface area contributed by atoms with E-state index in [1.165, 1.54) is 11.1 Å². The average Bonchev–Trinajstić information content (AvgIpc) is 2.51. The van der Waals surface area contributed by atoms with Gasteiger partial charge in [-0.15, -0.1) is 0 Å². The molecule has 1 aromatic rings. The quantitative estimate of drug-likeness (QED) is 0.762. The van der Waals surface area contributed by atoms with Crippen LogP contribution in [-0.4, -0.2) is 11.2 Å². The zero-order chi connectivity index (χ0) is 8.97. The van der Waals surface area contributed by atoms with E-state index in [0.29, 0.717) is 0 Å². The Morgan fingerprint density at radius 1 is 1.75 bits per heavy atom. The fraction of sp³-hybridized carbons (Fsp3) is 0.400. The van der Waals surface area contributed by atoms with E-state index in [4.69, 9.17) is 0 Å². The first-order valence-corrected chi connectivity index (χ1v) is 5.09. The van der Waals surface area contributed by atoms with E-state index >= 15 is 0 Å². The van der Waals surface area contributed by atoms with Crippen LogP contribution >= 0.6 is 11.3 Å². The summed E-state index contributed by atoms with van der Waals surface area (Å²) in [6, 6.07) is 2.09. The maximum Gasteiger partial charge on any atom is 0.0698 e. The molecule has 1 heterocycles. The molecule has 0 bridgehead atoms. The molecule has 0 radical (unpaired) electrons. The summed E-state index contributed by atoms with van der Waals surface area (Å²) in [5.74, 6) is 0. The standard InChI is InChI=1S/C10H14OS/c1-3-9(6-8(2)11)10-4-5-12-7-10/h4-8,11H,3H2,1-2H3/b9-6-. The topological polar surface area (TPSA) is 20.2 Å². The van der Waals surface area contributed by atoms with Gasteiger partial charge in [0.2, 0.25) is 0 Å². The van der Waals surface area contributed by atoms with Crippen molar-refractivity contribution in [1.29, 1.82) is 0 Å². The van der Waals surface area contributed by atoms with Crippen molar-refractivity contribution in [3.8, 4) is 0 Å². The van der Waals surface area contributed by atoms with Crippen molar-refractivity contribution in [1.82, 2.24) is 0 Å². The van der Waals surface area contributed by atoms with Crippen LogP contribution in [0.2, 0.25) is 0 Å².